The molecule has 39 heavy (non-hydrogen) atoms. The summed E-state index contributed by atoms with van der Waals surface area (Å²) in [6.07, 6.45) is -0.219. The van der Waals surface area contributed by atoms with Crippen molar-refractivity contribution in [3.8, 4) is 5.75 Å². The molecule has 1 saturated heterocycles. The summed E-state index contributed by atoms with van der Waals surface area (Å²) in [5, 5.41) is 0.610. The maximum atomic E-state index is 13.4. The first-order valence-corrected chi connectivity index (χ1v) is 13.3. The summed E-state index contributed by atoms with van der Waals surface area (Å²) < 4.78 is 19.1. The number of anilines is 1. The number of ether oxygens (including phenoxy) is 1. The molecular formula is C30H29ClFN3O4. The molecule has 1 unspecified atom stereocenters. The van der Waals surface area contributed by atoms with Gasteiger partial charge in [0.05, 0.1) is 16.8 Å². The van der Waals surface area contributed by atoms with Crippen molar-refractivity contribution in [1.29, 1.82) is 0 Å². The Morgan fingerprint density at radius 2 is 1.72 bits per heavy atom. The van der Waals surface area contributed by atoms with Crippen molar-refractivity contribution in [3.05, 3.63) is 93.8 Å². The Bertz CT molecular complexity index is 1420. The van der Waals surface area contributed by atoms with Crippen LogP contribution in [0.1, 0.15) is 38.8 Å². The Labute approximate surface area is 231 Å². The van der Waals surface area contributed by atoms with Gasteiger partial charge < -0.3 is 14.5 Å². The van der Waals surface area contributed by atoms with Gasteiger partial charge in [0.25, 0.3) is 17.7 Å². The number of piperazine rings is 1. The highest BCUT2D eigenvalue weighted by atomic mass is 35.5. The fraction of sp³-hybridized carbons (Fsp3) is 0.300. The van der Waals surface area contributed by atoms with E-state index < -0.39 is 6.10 Å². The summed E-state index contributed by atoms with van der Waals surface area (Å²) in [4.78, 5) is 44.6. The van der Waals surface area contributed by atoms with E-state index in [-0.39, 0.29) is 30.1 Å². The molecule has 2 heterocycles. The van der Waals surface area contributed by atoms with Gasteiger partial charge in [0.2, 0.25) is 0 Å². The third kappa shape index (κ3) is 5.47. The Balaban J connectivity index is 1.23. The van der Waals surface area contributed by atoms with Crippen LogP contribution in [0.5, 0.6) is 5.75 Å². The minimum absolute atomic E-state index is 0.111. The average Bonchev–Trinajstić information content (AvgIpc) is 3.18. The second-order valence-corrected chi connectivity index (χ2v) is 10.3. The van der Waals surface area contributed by atoms with Crippen LogP contribution in [0.4, 0.5) is 10.1 Å². The van der Waals surface area contributed by atoms with Gasteiger partial charge in [0, 0.05) is 37.7 Å². The lowest BCUT2D eigenvalue weighted by atomic mass is 10.1. The van der Waals surface area contributed by atoms with Crippen LogP contribution in [0.2, 0.25) is 5.02 Å². The van der Waals surface area contributed by atoms with Gasteiger partial charge >= 0.3 is 0 Å². The number of amides is 3. The van der Waals surface area contributed by atoms with E-state index in [1.54, 1.807) is 54.3 Å². The molecule has 0 N–H and O–H groups in total. The van der Waals surface area contributed by atoms with Gasteiger partial charge in [0.1, 0.15) is 11.6 Å². The number of halogens is 2. The summed E-state index contributed by atoms with van der Waals surface area (Å²) in [6.45, 7) is 5.80. The molecule has 0 saturated carbocycles. The highest BCUT2D eigenvalue weighted by Gasteiger charge is 2.39. The van der Waals surface area contributed by atoms with Crippen molar-refractivity contribution in [3.63, 3.8) is 0 Å². The van der Waals surface area contributed by atoms with Crippen LogP contribution in [-0.2, 0) is 11.2 Å². The van der Waals surface area contributed by atoms with Crippen LogP contribution in [0.15, 0.2) is 60.7 Å². The molecule has 9 heteroatoms. The number of hydrogen-bond acceptors (Lipinski definition) is 5. The van der Waals surface area contributed by atoms with Crippen molar-refractivity contribution >= 4 is 35.0 Å². The van der Waals surface area contributed by atoms with E-state index in [0.717, 1.165) is 11.1 Å². The summed E-state index contributed by atoms with van der Waals surface area (Å²) in [7, 11) is 0. The Morgan fingerprint density at radius 3 is 2.41 bits per heavy atom. The first-order chi connectivity index (χ1) is 18.7. The van der Waals surface area contributed by atoms with Crippen LogP contribution >= 0.6 is 11.6 Å². The Morgan fingerprint density at radius 1 is 1.00 bits per heavy atom. The second-order valence-electron chi connectivity index (χ2n) is 9.82. The summed E-state index contributed by atoms with van der Waals surface area (Å²) >= 11 is 6.02. The van der Waals surface area contributed by atoms with Gasteiger partial charge in [-0.05, 0) is 73.9 Å². The predicted molar refractivity (Wildman–Crippen MR) is 147 cm³/mol. The molecule has 2 aliphatic heterocycles. The highest BCUT2D eigenvalue weighted by molar-refractivity contribution is 6.30. The molecule has 1 atom stereocenters. The zero-order valence-corrected chi connectivity index (χ0v) is 22.6. The number of imide groups is 1. The number of rotatable bonds is 7. The SMILES string of the molecule is Cc1cc(Cl)ccc1OC(C)C(=O)N1CCN(c2cccc3c2C(=O)N(CCc2ccc(F)cc2)C3=O)CC1. The lowest BCUT2D eigenvalue weighted by Crippen LogP contribution is -2.52. The standard InChI is InChI=1S/C30H29ClFN3O4/c1-19-18-22(31)8-11-26(19)39-20(2)28(36)34-16-14-33(15-17-34)25-5-3-4-24-27(25)30(38)35(29(24)37)13-12-21-6-9-23(32)10-7-21/h3-11,18,20H,12-17H2,1-2H3. The molecule has 7 nitrogen and oxygen atoms in total. The van der Waals surface area contributed by atoms with E-state index in [1.807, 2.05) is 17.9 Å². The van der Waals surface area contributed by atoms with Gasteiger partial charge in [0.15, 0.2) is 6.10 Å². The van der Waals surface area contributed by atoms with Crippen molar-refractivity contribution in [1.82, 2.24) is 9.80 Å². The molecule has 0 spiro atoms. The van der Waals surface area contributed by atoms with E-state index >= 15 is 0 Å². The molecule has 202 valence electrons. The summed E-state index contributed by atoms with van der Waals surface area (Å²) in [5.74, 6) is -0.473. The van der Waals surface area contributed by atoms with Crippen molar-refractivity contribution < 1.29 is 23.5 Å². The number of carbonyl (C=O) groups excluding carboxylic acids is 3. The number of benzene rings is 3. The first kappa shape index (κ1) is 26.7. The van der Waals surface area contributed by atoms with E-state index in [0.29, 0.717) is 60.2 Å². The summed E-state index contributed by atoms with van der Waals surface area (Å²) in [5.41, 5.74) is 3.18. The van der Waals surface area contributed by atoms with Crippen LogP contribution in [0, 0.1) is 12.7 Å². The van der Waals surface area contributed by atoms with E-state index in [9.17, 15) is 18.8 Å². The zero-order valence-electron chi connectivity index (χ0n) is 21.8. The first-order valence-electron chi connectivity index (χ1n) is 12.9. The average molecular weight is 550 g/mol. The van der Waals surface area contributed by atoms with Crippen LogP contribution < -0.4 is 9.64 Å². The van der Waals surface area contributed by atoms with Gasteiger partial charge in [-0.25, -0.2) is 4.39 Å². The number of fused-ring (bicyclic) bond motifs is 1. The molecular weight excluding hydrogens is 521 g/mol. The largest absolute Gasteiger partial charge is 0.481 e. The maximum Gasteiger partial charge on any atom is 0.263 e. The molecule has 3 aromatic carbocycles. The second kappa shape index (κ2) is 11.1. The minimum atomic E-state index is -0.661. The molecule has 1 fully saturated rings. The smallest absolute Gasteiger partial charge is 0.263 e. The monoisotopic (exact) mass is 549 g/mol. The maximum absolute atomic E-state index is 13.4. The number of hydrogen-bond donors (Lipinski definition) is 0. The third-order valence-corrected chi connectivity index (χ3v) is 7.47. The Kier molecular flexibility index (Phi) is 7.57. The van der Waals surface area contributed by atoms with Crippen molar-refractivity contribution in [2.75, 3.05) is 37.6 Å². The zero-order chi connectivity index (χ0) is 27.7. The van der Waals surface area contributed by atoms with Crippen LogP contribution in [0.25, 0.3) is 0 Å². The molecule has 2 aliphatic rings. The fourth-order valence-electron chi connectivity index (χ4n) is 5.09. The number of aryl methyl sites for hydroxylation is 1. The third-order valence-electron chi connectivity index (χ3n) is 7.23. The quantitative estimate of drug-likeness (QED) is 0.398. The normalized spacial score (nSPS) is 15.9. The fourth-order valence-corrected chi connectivity index (χ4v) is 5.31. The predicted octanol–water partition coefficient (Wildman–Crippen LogP) is 4.74. The van der Waals surface area contributed by atoms with E-state index in [1.165, 1.54) is 17.0 Å². The minimum Gasteiger partial charge on any atom is -0.481 e. The molecule has 0 aliphatic carbocycles. The van der Waals surface area contributed by atoms with Crippen molar-refractivity contribution in [2.45, 2.75) is 26.4 Å². The molecule has 0 radical (unpaired) electrons. The van der Waals surface area contributed by atoms with Gasteiger partial charge in [-0.15, -0.1) is 0 Å². The molecule has 5 rings (SSSR count). The molecule has 3 aromatic rings. The van der Waals surface area contributed by atoms with E-state index in [2.05, 4.69) is 0 Å². The van der Waals surface area contributed by atoms with Gasteiger partial charge in [-0.2, -0.15) is 0 Å². The lowest BCUT2D eigenvalue weighted by molar-refractivity contribution is -0.138. The number of nitrogens with zero attached hydrogens (tertiary/aromatic N) is 3. The van der Waals surface area contributed by atoms with Crippen LogP contribution in [0.3, 0.4) is 0 Å². The van der Waals surface area contributed by atoms with Crippen LogP contribution in [-0.4, -0.2) is 66.3 Å². The highest BCUT2D eigenvalue weighted by Crippen LogP contribution is 2.33. The lowest BCUT2D eigenvalue weighted by Gasteiger charge is -2.37. The summed E-state index contributed by atoms with van der Waals surface area (Å²) in [6, 6.07) is 16.6. The van der Waals surface area contributed by atoms with Gasteiger partial charge in [-0.3, -0.25) is 19.3 Å². The topological polar surface area (TPSA) is 70.2 Å². The molecule has 0 aromatic heterocycles. The molecule has 0 bridgehead atoms. The van der Waals surface area contributed by atoms with E-state index in [4.69, 9.17) is 16.3 Å². The van der Waals surface area contributed by atoms with Crippen molar-refractivity contribution in [2.24, 2.45) is 0 Å². The number of carbonyl (C=O) groups is 3. The van der Waals surface area contributed by atoms with Gasteiger partial charge in [-0.1, -0.05) is 29.8 Å². The Hall–Kier alpha value is -3.91. The molecule has 3 amide bonds.